The number of aromatic nitrogens is 2. The van der Waals surface area contributed by atoms with Gasteiger partial charge in [-0.1, -0.05) is 24.3 Å². The summed E-state index contributed by atoms with van der Waals surface area (Å²) in [6, 6.07) is 7.51. The summed E-state index contributed by atoms with van der Waals surface area (Å²) in [6.45, 7) is 0.426. The first-order valence-corrected chi connectivity index (χ1v) is 5.87. The van der Waals surface area contributed by atoms with E-state index in [-0.39, 0.29) is 0 Å². The average Bonchev–Trinajstić information content (AvgIpc) is 2.47. The van der Waals surface area contributed by atoms with E-state index in [1.165, 1.54) is 19.5 Å². The maximum absolute atomic E-state index is 10.5. The smallest absolute Gasteiger partial charge is 0.238 e. The van der Waals surface area contributed by atoms with E-state index in [4.69, 9.17) is 9.47 Å². The first-order chi connectivity index (χ1) is 9.27. The van der Waals surface area contributed by atoms with Crippen LogP contribution in [0.25, 0.3) is 0 Å². The van der Waals surface area contributed by atoms with Gasteiger partial charge in [-0.3, -0.25) is 4.98 Å². The second-order valence-corrected chi connectivity index (χ2v) is 3.99. The molecule has 5 heteroatoms. The highest BCUT2D eigenvalue weighted by Crippen LogP contribution is 2.28. The van der Waals surface area contributed by atoms with Crippen molar-refractivity contribution in [1.29, 1.82) is 0 Å². The molecule has 0 aliphatic carbocycles. The summed E-state index contributed by atoms with van der Waals surface area (Å²) in [4.78, 5) is 8.19. The molecule has 2 rings (SSSR count). The third kappa shape index (κ3) is 2.89. The molecule has 1 N–H and O–H groups in total. The quantitative estimate of drug-likeness (QED) is 0.886. The van der Waals surface area contributed by atoms with Crippen molar-refractivity contribution in [1.82, 2.24) is 9.97 Å². The molecule has 0 aliphatic heterocycles. The van der Waals surface area contributed by atoms with Crippen LogP contribution in [-0.4, -0.2) is 29.3 Å². The van der Waals surface area contributed by atoms with Crippen molar-refractivity contribution in [3.63, 3.8) is 0 Å². The highest BCUT2D eigenvalue weighted by atomic mass is 16.5. The highest BCUT2D eigenvalue weighted by molar-refractivity contribution is 5.36. The van der Waals surface area contributed by atoms with Crippen LogP contribution in [0.5, 0.6) is 5.88 Å². The van der Waals surface area contributed by atoms with Gasteiger partial charge in [0, 0.05) is 19.5 Å². The van der Waals surface area contributed by atoms with Crippen LogP contribution in [0.15, 0.2) is 36.7 Å². The maximum atomic E-state index is 10.5. The molecule has 1 atom stereocenters. The Morgan fingerprint density at radius 1 is 1.16 bits per heavy atom. The fourth-order valence-corrected chi connectivity index (χ4v) is 1.92. The summed E-state index contributed by atoms with van der Waals surface area (Å²) < 4.78 is 10.3. The summed E-state index contributed by atoms with van der Waals surface area (Å²) in [5.41, 5.74) is 2.04. The minimum atomic E-state index is -0.894. The molecule has 0 amide bonds. The van der Waals surface area contributed by atoms with Crippen molar-refractivity contribution in [2.24, 2.45) is 0 Å². The molecule has 1 unspecified atom stereocenters. The molecule has 5 nitrogen and oxygen atoms in total. The number of rotatable bonds is 5. The zero-order valence-corrected chi connectivity index (χ0v) is 10.9. The molecule has 1 heterocycles. The van der Waals surface area contributed by atoms with Gasteiger partial charge in [-0.25, -0.2) is 4.98 Å². The Labute approximate surface area is 111 Å². The number of nitrogens with zero attached hydrogens (tertiary/aromatic N) is 2. The van der Waals surface area contributed by atoms with Gasteiger partial charge in [0.1, 0.15) is 11.8 Å². The molecule has 0 spiro atoms. The van der Waals surface area contributed by atoms with E-state index in [1.807, 2.05) is 24.3 Å². The molecule has 19 heavy (non-hydrogen) atoms. The van der Waals surface area contributed by atoms with Crippen LogP contribution in [0.2, 0.25) is 0 Å². The first kappa shape index (κ1) is 13.5. The van der Waals surface area contributed by atoms with E-state index in [0.717, 1.165) is 11.1 Å². The van der Waals surface area contributed by atoms with Crippen LogP contribution in [0, 0.1) is 0 Å². The lowest BCUT2D eigenvalue weighted by Crippen LogP contribution is -2.09. The van der Waals surface area contributed by atoms with Gasteiger partial charge in [-0.2, -0.15) is 0 Å². The van der Waals surface area contributed by atoms with E-state index < -0.39 is 6.10 Å². The van der Waals surface area contributed by atoms with Crippen LogP contribution < -0.4 is 4.74 Å². The SMILES string of the molecule is COCc1ccccc1C(O)c1nccnc1OC. The van der Waals surface area contributed by atoms with Crippen LogP contribution in [0.1, 0.15) is 22.9 Å². The van der Waals surface area contributed by atoms with Gasteiger partial charge in [0.25, 0.3) is 0 Å². The molecular formula is C14H16N2O3. The normalized spacial score (nSPS) is 12.2. The Bertz CT molecular complexity index is 546. The van der Waals surface area contributed by atoms with E-state index >= 15 is 0 Å². The minimum absolute atomic E-state index is 0.321. The Kier molecular flexibility index (Phi) is 4.43. The molecule has 1 aromatic heterocycles. The zero-order chi connectivity index (χ0) is 13.7. The summed E-state index contributed by atoms with van der Waals surface area (Å²) in [5, 5.41) is 10.5. The lowest BCUT2D eigenvalue weighted by molar-refractivity contribution is 0.174. The van der Waals surface area contributed by atoms with Gasteiger partial charge in [0.05, 0.1) is 13.7 Å². The van der Waals surface area contributed by atoms with Crippen LogP contribution in [0.3, 0.4) is 0 Å². The number of ether oxygens (including phenoxy) is 2. The topological polar surface area (TPSA) is 64.5 Å². The standard InChI is InChI=1S/C14H16N2O3/c1-18-9-10-5-3-4-6-11(10)13(17)12-14(19-2)16-8-7-15-12/h3-8,13,17H,9H2,1-2H3. The van der Waals surface area contributed by atoms with Crippen molar-refractivity contribution in [2.75, 3.05) is 14.2 Å². The second kappa shape index (κ2) is 6.26. The second-order valence-electron chi connectivity index (χ2n) is 3.99. The number of benzene rings is 1. The predicted octanol–water partition coefficient (Wildman–Crippen LogP) is 1.71. The molecule has 0 saturated carbocycles. The summed E-state index contributed by atoms with van der Waals surface area (Å²) in [6.07, 6.45) is 2.16. The zero-order valence-electron chi connectivity index (χ0n) is 10.9. The fraction of sp³-hybridized carbons (Fsp3) is 0.286. The van der Waals surface area contributed by atoms with Gasteiger partial charge in [-0.05, 0) is 11.1 Å². The fourth-order valence-electron chi connectivity index (χ4n) is 1.92. The Balaban J connectivity index is 2.41. The largest absolute Gasteiger partial charge is 0.480 e. The number of aliphatic hydroxyl groups excluding tert-OH is 1. The number of hydrogen-bond donors (Lipinski definition) is 1. The number of hydrogen-bond acceptors (Lipinski definition) is 5. The number of aliphatic hydroxyl groups is 1. The predicted molar refractivity (Wildman–Crippen MR) is 69.8 cm³/mol. The van der Waals surface area contributed by atoms with Crippen LogP contribution in [0.4, 0.5) is 0 Å². The molecule has 100 valence electrons. The third-order valence-corrected chi connectivity index (χ3v) is 2.79. The van der Waals surface area contributed by atoms with Crippen LogP contribution >= 0.6 is 0 Å². The third-order valence-electron chi connectivity index (χ3n) is 2.79. The molecule has 2 aromatic rings. The molecule has 0 fully saturated rings. The van der Waals surface area contributed by atoms with E-state index in [0.29, 0.717) is 18.2 Å². The van der Waals surface area contributed by atoms with Crippen molar-refractivity contribution in [3.8, 4) is 5.88 Å². The van der Waals surface area contributed by atoms with Crippen LogP contribution in [-0.2, 0) is 11.3 Å². The Morgan fingerprint density at radius 2 is 1.89 bits per heavy atom. The summed E-state index contributed by atoms with van der Waals surface area (Å²) in [7, 11) is 3.12. The summed E-state index contributed by atoms with van der Waals surface area (Å²) in [5.74, 6) is 0.321. The van der Waals surface area contributed by atoms with Gasteiger partial charge in [0.2, 0.25) is 5.88 Å². The lowest BCUT2D eigenvalue weighted by atomic mass is 10.0. The monoisotopic (exact) mass is 260 g/mol. The number of methoxy groups -OCH3 is 2. The van der Waals surface area contributed by atoms with E-state index in [2.05, 4.69) is 9.97 Å². The van der Waals surface area contributed by atoms with Gasteiger partial charge >= 0.3 is 0 Å². The van der Waals surface area contributed by atoms with Gasteiger partial charge < -0.3 is 14.6 Å². The van der Waals surface area contributed by atoms with E-state index in [1.54, 1.807) is 7.11 Å². The minimum Gasteiger partial charge on any atom is -0.480 e. The molecule has 1 aromatic carbocycles. The molecule has 0 radical (unpaired) electrons. The van der Waals surface area contributed by atoms with Crippen molar-refractivity contribution in [3.05, 3.63) is 53.5 Å². The van der Waals surface area contributed by atoms with E-state index in [9.17, 15) is 5.11 Å². The van der Waals surface area contributed by atoms with Crippen molar-refractivity contribution >= 4 is 0 Å². The van der Waals surface area contributed by atoms with Crippen molar-refractivity contribution < 1.29 is 14.6 Å². The highest BCUT2D eigenvalue weighted by Gasteiger charge is 2.20. The van der Waals surface area contributed by atoms with Gasteiger partial charge in [0.15, 0.2) is 0 Å². The van der Waals surface area contributed by atoms with Crippen molar-refractivity contribution in [2.45, 2.75) is 12.7 Å². The molecule has 0 aliphatic rings. The Morgan fingerprint density at radius 3 is 2.63 bits per heavy atom. The lowest BCUT2D eigenvalue weighted by Gasteiger charge is -2.16. The summed E-state index contributed by atoms with van der Waals surface area (Å²) >= 11 is 0. The molecule has 0 bridgehead atoms. The first-order valence-electron chi connectivity index (χ1n) is 5.87. The van der Waals surface area contributed by atoms with Gasteiger partial charge in [-0.15, -0.1) is 0 Å². The molecule has 0 saturated heterocycles. The average molecular weight is 260 g/mol. The Hall–Kier alpha value is -1.98. The molecular weight excluding hydrogens is 244 g/mol. The maximum Gasteiger partial charge on any atom is 0.238 e.